The Hall–Kier alpha value is -2.84. The van der Waals surface area contributed by atoms with Gasteiger partial charge >= 0.3 is 0 Å². The van der Waals surface area contributed by atoms with Gasteiger partial charge in [-0.15, -0.1) is 11.3 Å². The Morgan fingerprint density at radius 2 is 2.10 bits per heavy atom. The molecule has 30 heavy (non-hydrogen) atoms. The van der Waals surface area contributed by atoms with E-state index >= 15 is 0 Å². The van der Waals surface area contributed by atoms with Crippen LogP contribution in [0.2, 0.25) is 5.02 Å². The summed E-state index contributed by atoms with van der Waals surface area (Å²) in [6.45, 7) is 4.13. The molecular formula is C21H22ClN3O4S. The minimum atomic E-state index is -0.127. The first-order valence-electron chi connectivity index (χ1n) is 9.38. The van der Waals surface area contributed by atoms with Gasteiger partial charge in [-0.1, -0.05) is 11.6 Å². The SMILES string of the molecule is CC(=O)NCc1ccc(-c2csc(NC(=O)CCCOc3ccc(Cl)cc3C)n2)o1. The minimum absolute atomic E-state index is 0.125. The number of thiazole rings is 1. The minimum Gasteiger partial charge on any atom is -0.493 e. The molecule has 0 radical (unpaired) electrons. The summed E-state index contributed by atoms with van der Waals surface area (Å²) < 4.78 is 11.4. The van der Waals surface area contributed by atoms with Crippen LogP contribution in [0.15, 0.2) is 40.1 Å². The highest BCUT2D eigenvalue weighted by Crippen LogP contribution is 2.27. The van der Waals surface area contributed by atoms with E-state index in [4.69, 9.17) is 20.8 Å². The number of halogens is 1. The maximum absolute atomic E-state index is 12.2. The van der Waals surface area contributed by atoms with E-state index in [9.17, 15) is 9.59 Å². The fraction of sp³-hybridized carbons (Fsp3) is 0.286. The van der Waals surface area contributed by atoms with Crippen LogP contribution in [0.1, 0.15) is 31.1 Å². The number of hydrogen-bond acceptors (Lipinski definition) is 6. The normalized spacial score (nSPS) is 10.6. The number of rotatable bonds is 9. The van der Waals surface area contributed by atoms with Crippen LogP contribution in [0.3, 0.4) is 0 Å². The summed E-state index contributed by atoms with van der Waals surface area (Å²) in [6, 6.07) is 9.01. The largest absolute Gasteiger partial charge is 0.493 e. The molecule has 7 nitrogen and oxygen atoms in total. The molecule has 1 aromatic carbocycles. The lowest BCUT2D eigenvalue weighted by atomic mass is 10.2. The van der Waals surface area contributed by atoms with Crippen molar-refractivity contribution in [3.8, 4) is 17.2 Å². The lowest BCUT2D eigenvalue weighted by Crippen LogP contribution is -2.18. The van der Waals surface area contributed by atoms with Crippen molar-refractivity contribution in [1.29, 1.82) is 0 Å². The Morgan fingerprint density at radius 3 is 2.87 bits per heavy atom. The second-order valence-corrected chi connectivity index (χ2v) is 7.92. The molecule has 0 unspecified atom stereocenters. The third kappa shape index (κ3) is 6.33. The lowest BCUT2D eigenvalue weighted by molar-refractivity contribution is -0.119. The van der Waals surface area contributed by atoms with Gasteiger partial charge in [0.25, 0.3) is 0 Å². The average molecular weight is 448 g/mol. The van der Waals surface area contributed by atoms with Gasteiger partial charge in [0.1, 0.15) is 17.2 Å². The molecule has 0 bridgehead atoms. The number of aryl methyl sites for hydroxylation is 1. The summed E-state index contributed by atoms with van der Waals surface area (Å²) in [5.41, 5.74) is 1.59. The Morgan fingerprint density at radius 1 is 1.27 bits per heavy atom. The number of anilines is 1. The number of nitrogens with one attached hydrogen (secondary N) is 2. The topological polar surface area (TPSA) is 93.5 Å². The number of nitrogens with zero attached hydrogens (tertiary/aromatic N) is 1. The zero-order chi connectivity index (χ0) is 21.5. The van der Waals surface area contributed by atoms with Gasteiger partial charge in [0.2, 0.25) is 11.8 Å². The monoisotopic (exact) mass is 447 g/mol. The van der Waals surface area contributed by atoms with Gasteiger partial charge in [0.15, 0.2) is 10.9 Å². The van der Waals surface area contributed by atoms with E-state index in [2.05, 4.69) is 15.6 Å². The molecule has 158 valence electrons. The smallest absolute Gasteiger partial charge is 0.226 e. The molecule has 2 aromatic heterocycles. The number of ether oxygens (including phenoxy) is 1. The van der Waals surface area contributed by atoms with E-state index < -0.39 is 0 Å². The molecule has 0 saturated carbocycles. The lowest BCUT2D eigenvalue weighted by Gasteiger charge is -2.09. The highest BCUT2D eigenvalue weighted by Gasteiger charge is 2.12. The molecule has 3 aromatic rings. The van der Waals surface area contributed by atoms with Crippen LogP contribution in [0, 0.1) is 6.92 Å². The maximum Gasteiger partial charge on any atom is 0.226 e. The molecule has 2 heterocycles. The second kappa shape index (κ2) is 10.3. The first-order chi connectivity index (χ1) is 14.4. The predicted molar refractivity (Wildman–Crippen MR) is 117 cm³/mol. The molecule has 0 aliphatic heterocycles. The Labute approximate surface area is 183 Å². The maximum atomic E-state index is 12.2. The van der Waals surface area contributed by atoms with E-state index in [1.54, 1.807) is 18.2 Å². The van der Waals surface area contributed by atoms with E-state index in [0.29, 0.717) is 53.4 Å². The van der Waals surface area contributed by atoms with E-state index in [1.807, 2.05) is 24.4 Å². The quantitative estimate of drug-likeness (QED) is 0.459. The second-order valence-electron chi connectivity index (χ2n) is 6.62. The summed E-state index contributed by atoms with van der Waals surface area (Å²) >= 11 is 7.25. The standard InChI is InChI=1S/C21H22ClN3O4S/c1-13-10-15(22)5-7-18(13)28-9-3-4-20(27)25-21-24-17(12-30-21)19-8-6-16(29-19)11-23-14(2)26/h5-8,10,12H,3-4,9,11H2,1-2H3,(H,23,26)(H,24,25,27). The number of benzene rings is 1. The van der Waals surface area contributed by atoms with Crippen molar-refractivity contribution < 1.29 is 18.7 Å². The molecule has 3 rings (SSSR count). The zero-order valence-corrected chi connectivity index (χ0v) is 18.2. The molecule has 0 fully saturated rings. The molecule has 0 aliphatic rings. The van der Waals surface area contributed by atoms with E-state index in [-0.39, 0.29) is 11.8 Å². The van der Waals surface area contributed by atoms with Crippen LogP contribution < -0.4 is 15.4 Å². The van der Waals surface area contributed by atoms with Crippen LogP contribution in [0.4, 0.5) is 5.13 Å². The van der Waals surface area contributed by atoms with Crippen LogP contribution in [0.25, 0.3) is 11.5 Å². The van der Waals surface area contributed by atoms with Crippen molar-refractivity contribution in [2.24, 2.45) is 0 Å². The van der Waals surface area contributed by atoms with E-state index in [0.717, 1.165) is 11.3 Å². The van der Waals surface area contributed by atoms with Gasteiger partial charge in [0, 0.05) is 23.7 Å². The van der Waals surface area contributed by atoms with Crippen LogP contribution in [-0.4, -0.2) is 23.4 Å². The summed E-state index contributed by atoms with van der Waals surface area (Å²) in [5, 5.41) is 8.45. The van der Waals surface area contributed by atoms with Crippen molar-refractivity contribution in [3.05, 3.63) is 52.1 Å². The molecule has 0 spiro atoms. The fourth-order valence-corrected chi connectivity index (χ4v) is 3.58. The molecule has 0 atom stereocenters. The first kappa shape index (κ1) is 21.9. The number of carbonyl (C=O) groups is 2. The Bertz CT molecular complexity index is 1030. The average Bonchev–Trinajstić information content (AvgIpc) is 3.34. The van der Waals surface area contributed by atoms with Crippen molar-refractivity contribution in [3.63, 3.8) is 0 Å². The summed E-state index contributed by atoms with van der Waals surface area (Å²) in [5.74, 6) is 1.73. The first-order valence-corrected chi connectivity index (χ1v) is 10.6. The Kier molecular flexibility index (Phi) is 7.48. The molecule has 2 N–H and O–H groups in total. The third-order valence-corrected chi connectivity index (χ3v) is 5.11. The summed E-state index contributed by atoms with van der Waals surface area (Å²) in [4.78, 5) is 27.5. The van der Waals surface area contributed by atoms with Gasteiger partial charge < -0.3 is 19.8 Å². The third-order valence-electron chi connectivity index (χ3n) is 4.12. The van der Waals surface area contributed by atoms with Crippen molar-refractivity contribution in [2.45, 2.75) is 33.2 Å². The van der Waals surface area contributed by atoms with Gasteiger partial charge in [0.05, 0.1) is 13.2 Å². The summed E-state index contributed by atoms with van der Waals surface area (Å²) in [6.07, 6.45) is 0.903. The highest BCUT2D eigenvalue weighted by atomic mass is 35.5. The van der Waals surface area contributed by atoms with Gasteiger partial charge in [-0.2, -0.15) is 0 Å². The summed E-state index contributed by atoms with van der Waals surface area (Å²) in [7, 11) is 0. The number of furan rings is 1. The van der Waals surface area contributed by atoms with Crippen molar-refractivity contribution in [1.82, 2.24) is 10.3 Å². The van der Waals surface area contributed by atoms with Gasteiger partial charge in [-0.3, -0.25) is 9.59 Å². The zero-order valence-electron chi connectivity index (χ0n) is 16.7. The van der Waals surface area contributed by atoms with Crippen LogP contribution in [-0.2, 0) is 16.1 Å². The fourth-order valence-electron chi connectivity index (χ4n) is 2.64. The van der Waals surface area contributed by atoms with Crippen molar-refractivity contribution >= 4 is 39.9 Å². The van der Waals surface area contributed by atoms with Gasteiger partial charge in [-0.05, 0) is 49.2 Å². The molecular weight excluding hydrogens is 426 g/mol. The number of carbonyl (C=O) groups excluding carboxylic acids is 2. The molecule has 9 heteroatoms. The molecule has 2 amide bonds. The number of amides is 2. The molecule has 0 aliphatic carbocycles. The number of hydrogen-bond donors (Lipinski definition) is 2. The van der Waals surface area contributed by atoms with Crippen LogP contribution in [0.5, 0.6) is 5.75 Å². The van der Waals surface area contributed by atoms with E-state index in [1.165, 1.54) is 18.3 Å². The van der Waals surface area contributed by atoms with Crippen LogP contribution >= 0.6 is 22.9 Å². The molecule has 0 saturated heterocycles. The Balaban J connectivity index is 1.44. The predicted octanol–water partition coefficient (Wildman–Crippen LogP) is 4.80. The number of aromatic nitrogens is 1. The van der Waals surface area contributed by atoms with Gasteiger partial charge in [-0.25, -0.2) is 4.98 Å². The highest BCUT2D eigenvalue weighted by molar-refractivity contribution is 7.14. The van der Waals surface area contributed by atoms with Crippen molar-refractivity contribution in [2.75, 3.05) is 11.9 Å².